The van der Waals surface area contributed by atoms with E-state index in [2.05, 4.69) is 34.5 Å². The van der Waals surface area contributed by atoms with Gasteiger partial charge in [-0.15, -0.1) is 15.3 Å². The summed E-state index contributed by atoms with van der Waals surface area (Å²) in [6.45, 7) is 7.30. The number of rotatable bonds is 5. The third-order valence-electron chi connectivity index (χ3n) is 3.15. The van der Waals surface area contributed by atoms with Gasteiger partial charge in [0, 0.05) is 6.54 Å². The summed E-state index contributed by atoms with van der Waals surface area (Å²) < 4.78 is 1.76. The highest BCUT2D eigenvalue weighted by atomic mass is 15.4. The van der Waals surface area contributed by atoms with E-state index in [-0.39, 0.29) is 0 Å². The molecule has 0 spiro atoms. The summed E-state index contributed by atoms with van der Waals surface area (Å²) in [5.41, 5.74) is 0.788. The fourth-order valence-corrected chi connectivity index (χ4v) is 1.82. The van der Waals surface area contributed by atoms with Crippen LogP contribution in [0, 0.1) is 12.8 Å². The van der Waals surface area contributed by atoms with Gasteiger partial charge in [-0.25, -0.2) is 0 Å². The van der Waals surface area contributed by atoms with Gasteiger partial charge in [0.05, 0.1) is 0 Å². The average Bonchev–Trinajstić information content (AvgIpc) is 2.72. The molecule has 5 nitrogen and oxygen atoms in total. The van der Waals surface area contributed by atoms with Crippen LogP contribution in [0.25, 0.3) is 5.65 Å². The molecule has 0 radical (unpaired) electrons. The molecule has 0 aliphatic carbocycles. The molecule has 5 heteroatoms. The molecule has 2 heterocycles. The average molecular weight is 233 g/mol. The monoisotopic (exact) mass is 233 g/mol. The molecule has 0 aliphatic rings. The van der Waals surface area contributed by atoms with Crippen molar-refractivity contribution in [2.24, 2.45) is 5.92 Å². The topological polar surface area (TPSA) is 55.1 Å². The zero-order chi connectivity index (χ0) is 12.3. The van der Waals surface area contributed by atoms with Crippen LogP contribution in [0.1, 0.15) is 32.5 Å². The van der Waals surface area contributed by atoms with Crippen LogP contribution >= 0.6 is 0 Å². The first kappa shape index (κ1) is 11.8. The van der Waals surface area contributed by atoms with E-state index in [1.165, 1.54) is 12.8 Å². The van der Waals surface area contributed by atoms with E-state index in [1.54, 1.807) is 4.52 Å². The van der Waals surface area contributed by atoms with Crippen LogP contribution in [0.4, 0.5) is 5.82 Å². The van der Waals surface area contributed by atoms with Crippen molar-refractivity contribution in [3.05, 3.63) is 18.0 Å². The zero-order valence-electron chi connectivity index (χ0n) is 10.6. The number of nitrogens with zero attached hydrogens (tertiary/aromatic N) is 4. The SMILES string of the molecule is CCC(CC)CNc1ccc2nnc(C)n2n1. The molecular weight excluding hydrogens is 214 g/mol. The lowest BCUT2D eigenvalue weighted by Gasteiger charge is -2.13. The van der Waals surface area contributed by atoms with Crippen LogP contribution < -0.4 is 5.32 Å². The second-order valence-electron chi connectivity index (χ2n) is 4.30. The summed E-state index contributed by atoms with van der Waals surface area (Å²) in [5, 5.41) is 15.8. The molecule has 0 bridgehead atoms. The summed E-state index contributed by atoms with van der Waals surface area (Å²) in [5.74, 6) is 2.40. The molecule has 0 saturated heterocycles. The second kappa shape index (κ2) is 5.12. The highest BCUT2D eigenvalue weighted by molar-refractivity contribution is 5.43. The summed E-state index contributed by atoms with van der Waals surface area (Å²) in [7, 11) is 0. The number of hydrogen-bond acceptors (Lipinski definition) is 4. The zero-order valence-corrected chi connectivity index (χ0v) is 10.6. The van der Waals surface area contributed by atoms with Gasteiger partial charge in [0.25, 0.3) is 0 Å². The van der Waals surface area contributed by atoms with Crippen LogP contribution in [0.2, 0.25) is 0 Å². The normalized spacial score (nSPS) is 11.3. The lowest BCUT2D eigenvalue weighted by atomic mass is 10.0. The van der Waals surface area contributed by atoms with E-state index < -0.39 is 0 Å². The minimum atomic E-state index is 0.703. The number of nitrogens with one attached hydrogen (secondary N) is 1. The molecule has 0 aromatic carbocycles. The smallest absolute Gasteiger partial charge is 0.178 e. The molecule has 0 amide bonds. The van der Waals surface area contributed by atoms with Gasteiger partial charge in [-0.05, 0) is 25.0 Å². The van der Waals surface area contributed by atoms with Crippen molar-refractivity contribution in [2.75, 3.05) is 11.9 Å². The minimum Gasteiger partial charge on any atom is -0.368 e. The van der Waals surface area contributed by atoms with Crippen molar-refractivity contribution in [2.45, 2.75) is 33.6 Å². The molecule has 0 saturated carbocycles. The summed E-state index contributed by atoms with van der Waals surface area (Å²) in [6.07, 6.45) is 2.38. The Morgan fingerprint density at radius 2 is 2.00 bits per heavy atom. The van der Waals surface area contributed by atoms with Gasteiger partial charge in [-0.3, -0.25) is 0 Å². The van der Waals surface area contributed by atoms with E-state index in [0.717, 1.165) is 23.8 Å². The molecule has 2 aromatic heterocycles. The molecule has 2 aromatic rings. The fourth-order valence-electron chi connectivity index (χ4n) is 1.82. The standard InChI is InChI=1S/C12H19N5/c1-4-10(5-2)8-13-11-6-7-12-15-14-9(3)17(12)16-11/h6-7,10H,4-5,8H2,1-3H3,(H,13,16). The van der Waals surface area contributed by atoms with Crippen molar-refractivity contribution in [3.8, 4) is 0 Å². The first-order valence-corrected chi connectivity index (χ1v) is 6.17. The summed E-state index contributed by atoms with van der Waals surface area (Å²) in [6, 6.07) is 3.88. The predicted molar refractivity (Wildman–Crippen MR) is 68.1 cm³/mol. The van der Waals surface area contributed by atoms with Gasteiger partial charge in [0.15, 0.2) is 11.5 Å². The molecule has 0 fully saturated rings. The number of aromatic nitrogens is 4. The maximum Gasteiger partial charge on any atom is 0.178 e. The molecule has 92 valence electrons. The largest absolute Gasteiger partial charge is 0.368 e. The molecule has 1 N–H and O–H groups in total. The predicted octanol–water partition coefficient (Wildman–Crippen LogP) is 2.28. The van der Waals surface area contributed by atoms with Gasteiger partial charge in [0.2, 0.25) is 0 Å². The number of aryl methyl sites for hydroxylation is 1. The van der Waals surface area contributed by atoms with Crippen molar-refractivity contribution < 1.29 is 0 Å². The summed E-state index contributed by atoms with van der Waals surface area (Å²) in [4.78, 5) is 0. The highest BCUT2D eigenvalue weighted by Gasteiger charge is 2.06. The second-order valence-corrected chi connectivity index (χ2v) is 4.30. The third-order valence-corrected chi connectivity index (χ3v) is 3.15. The fraction of sp³-hybridized carbons (Fsp3) is 0.583. The molecule has 0 aliphatic heterocycles. The Bertz CT molecular complexity index is 487. The maximum absolute atomic E-state index is 4.46. The minimum absolute atomic E-state index is 0.703. The number of fused-ring (bicyclic) bond motifs is 1. The maximum atomic E-state index is 4.46. The number of anilines is 1. The van der Waals surface area contributed by atoms with E-state index in [9.17, 15) is 0 Å². The Labute approximate surface area is 101 Å². The highest BCUT2D eigenvalue weighted by Crippen LogP contribution is 2.10. The van der Waals surface area contributed by atoms with E-state index in [0.29, 0.717) is 5.92 Å². The van der Waals surface area contributed by atoms with E-state index >= 15 is 0 Å². The van der Waals surface area contributed by atoms with Crippen molar-refractivity contribution in [1.82, 2.24) is 19.8 Å². The molecule has 0 unspecified atom stereocenters. The lowest BCUT2D eigenvalue weighted by molar-refractivity contribution is 0.518. The Morgan fingerprint density at radius 3 is 2.71 bits per heavy atom. The van der Waals surface area contributed by atoms with E-state index in [1.807, 2.05) is 19.1 Å². The Balaban J connectivity index is 2.11. The van der Waals surface area contributed by atoms with Crippen LogP contribution in [-0.2, 0) is 0 Å². The Hall–Kier alpha value is -1.65. The van der Waals surface area contributed by atoms with Gasteiger partial charge in [-0.1, -0.05) is 26.7 Å². The van der Waals surface area contributed by atoms with Crippen molar-refractivity contribution >= 4 is 11.5 Å². The summed E-state index contributed by atoms with van der Waals surface area (Å²) >= 11 is 0. The molecule has 17 heavy (non-hydrogen) atoms. The van der Waals surface area contributed by atoms with E-state index in [4.69, 9.17) is 0 Å². The van der Waals surface area contributed by atoms with Gasteiger partial charge in [-0.2, -0.15) is 4.52 Å². The van der Waals surface area contributed by atoms with Gasteiger partial charge >= 0.3 is 0 Å². The first-order valence-electron chi connectivity index (χ1n) is 6.17. The van der Waals surface area contributed by atoms with Crippen molar-refractivity contribution in [3.63, 3.8) is 0 Å². The first-order chi connectivity index (χ1) is 8.24. The van der Waals surface area contributed by atoms with Gasteiger partial charge in [0.1, 0.15) is 5.82 Å². The van der Waals surface area contributed by atoms with Crippen LogP contribution in [0.5, 0.6) is 0 Å². The van der Waals surface area contributed by atoms with Crippen LogP contribution in [0.15, 0.2) is 12.1 Å². The Morgan fingerprint density at radius 1 is 1.24 bits per heavy atom. The molecule has 0 atom stereocenters. The third kappa shape index (κ3) is 2.54. The molecule has 2 rings (SSSR count). The van der Waals surface area contributed by atoms with Crippen molar-refractivity contribution in [1.29, 1.82) is 0 Å². The molecular formula is C12H19N5. The van der Waals surface area contributed by atoms with Crippen LogP contribution in [-0.4, -0.2) is 26.4 Å². The lowest BCUT2D eigenvalue weighted by Crippen LogP contribution is -2.14. The Kier molecular flexibility index (Phi) is 3.56. The van der Waals surface area contributed by atoms with Gasteiger partial charge < -0.3 is 5.32 Å². The van der Waals surface area contributed by atoms with Crippen LogP contribution in [0.3, 0.4) is 0 Å². The number of hydrogen-bond donors (Lipinski definition) is 1. The quantitative estimate of drug-likeness (QED) is 0.860.